The first-order chi connectivity index (χ1) is 13.2. The van der Waals surface area contributed by atoms with Crippen LogP contribution in [0.1, 0.15) is 39.0 Å². The van der Waals surface area contributed by atoms with Gasteiger partial charge in [0.05, 0.1) is 5.25 Å². The SMILES string of the molecule is C[C@@H](Sc1nnc2c(n1)[nH]c1ccccc12)C(=O)NCCC1=CCCCC1. The number of aromatic nitrogens is 4. The smallest absolute Gasteiger partial charge is 0.233 e. The average Bonchev–Trinajstić information content (AvgIpc) is 3.06. The molecule has 0 saturated carbocycles. The number of carbonyl (C=O) groups excluding carboxylic acids is 1. The lowest BCUT2D eigenvalue weighted by Crippen LogP contribution is -2.32. The minimum Gasteiger partial charge on any atom is -0.355 e. The van der Waals surface area contributed by atoms with Gasteiger partial charge in [-0.1, -0.05) is 41.6 Å². The Morgan fingerprint density at radius 3 is 3.04 bits per heavy atom. The molecule has 0 aliphatic heterocycles. The minimum absolute atomic E-state index is 0.0109. The highest BCUT2D eigenvalue weighted by molar-refractivity contribution is 8.00. The van der Waals surface area contributed by atoms with E-state index in [2.05, 4.69) is 31.6 Å². The molecule has 2 heterocycles. The fourth-order valence-corrected chi connectivity index (χ4v) is 4.13. The van der Waals surface area contributed by atoms with Crippen molar-refractivity contribution in [2.75, 3.05) is 6.54 Å². The summed E-state index contributed by atoms with van der Waals surface area (Å²) >= 11 is 1.33. The van der Waals surface area contributed by atoms with E-state index in [0.29, 0.717) is 17.3 Å². The second kappa shape index (κ2) is 8.08. The molecule has 27 heavy (non-hydrogen) atoms. The van der Waals surface area contributed by atoms with E-state index >= 15 is 0 Å². The van der Waals surface area contributed by atoms with E-state index in [1.165, 1.54) is 43.0 Å². The average molecular weight is 382 g/mol. The molecule has 6 nitrogen and oxygen atoms in total. The third-order valence-electron chi connectivity index (χ3n) is 4.88. The van der Waals surface area contributed by atoms with Crippen LogP contribution in [0.2, 0.25) is 0 Å². The van der Waals surface area contributed by atoms with Crippen molar-refractivity contribution < 1.29 is 4.79 Å². The number of fused-ring (bicyclic) bond motifs is 3. The van der Waals surface area contributed by atoms with E-state index in [0.717, 1.165) is 22.8 Å². The van der Waals surface area contributed by atoms with Gasteiger partial charge in [-0.25, -0.2) is 4.98 Å². The highest BCUT2D eigenvalue weighted by Gasteiger charge is 2.17. The van der Waals surface area contributed by atoms with E-state index in [9.17, 15) is 4.79 Å². The van der Waals surface area contributed by atoms with Crippen molar-refractivity contribution in [1.82, 2.24) is 25.5 Å². The number of aromatic amines is 1. The highest BCUT2D eigenvalue weighted by atomic mass is 32.2. The predicted molar refractivity (Wildman–Crippen MR) is 109 cm³/mol. The Bertz CT molecular complexity index is 996. The van der Waals surface area contributed by atoms with Crippen LogP contribution in [0.4, 0.5) is 0 Å². The van der Waals surface area contributed by atoms with Gasteiger partial charge in [-0.3, -0.25) is 4.79 Å². The van der Waals surface area contributed by atoms with Gasteiger partial charge in [-0.05, 0) is 45.1 Å². The van der Waals surface area contributed by atoms with Crippen molar-refractivity contribution in [2.45, 2.75) is 49.4 Å². The standard InChI is InChI=1S/C20H23N5OS/c1-13(19(26)21-12-11-14-7-3-2-4-8-14)27-20-23-18-17(24-25-20)15-9-5-6-10-16(15)22-18/h5-7,9-10,13H,2-4,8,11-12H2,1H3,(H,21,26)(H,22,23,25)/t13-/m1/s1. The van der Waals surface area contributed by atoms with Crippen LogP contribution >= 0.6 is 11.8 Å². The lowest BCUT2D eigenvalue weighted by Gasteiger charge is -2.14. The normalized spacial score (nSPS) is 15.7. The second-order valence-electron chi connectivity index (χ2n) is 6.87. The molecular formula is C20H23N5OS. The Morgan fingerprint density at radius 2 is 2.19 bits per heavy atom. The summed E-state index contributed by atoms with van der Waals surface area (Å²) in [5.41, 5.74) is 3.91. The van der Waals surface area contributed by atoms with Gasteiger partial charge in [0.15, 0.2) is 5.65 Å². The molecule has 7 heteroatoms. The van der Waals surface area contributed by atoms with Gasteiger partial charge in [-0.2, -0.15) is 0 Å². The van der Waals surface area contributed by atoms with Crippen LogP contribution in [0.3, 0.4) is 0 Å². The summed E-state index contributed by atoms with van der Waals surface area (Å²) in [7, 11) is 0. The van der Waals surface area contributed by atoms with Crippen LogP contribution in [0.5, 0.6) is 0 Å². The zero-order chi connectivity index (χ0) is 18.6. The molecule has 2 aromatic heterocycles. The number of nitrogens with zero attached hydrogens (tertiary/aromatic N) is 3. The van der Waals surface area contributed by atoms with Crippen molar-refractivity contribution >= 4 is 39.7 Å². The van der Waals surface area contributed by atoms with Gasteiger partial charge < -0.3 is 10.3 Å². The summed E-state index contributed by atoms with van der Waals surface area (Å²) < 4.78 is 0. The van der Waals surface area contributed by atoms with Crippen molar-refractivity contribution in [3.8, 4) is 0 Å². The quantitative estimate of drug-likeness (QED) is 0.498. The molecule has 0 spiro atoms. The summed E-state index contributed by atoms with van der Waals surface area (Å²) in [6.45, 7) is 2.56. The van der Waals surface area contributed by atoms with Crippen molar-refractivity contribution in [2.24, 2.45) is 0 Å². The molecule has 1 aromatic carbocycles. The van der Waals surface area contributed by atoms with Gasteiger partial charge in [-0.15, -0.1) is 10.2 Å². The van der Waals surface area contributed by atoms with Gasteiger partial charge in [0.1, 0.15) is 5.52 Å². The third kappa shape index (κ3) is 4.13. The second-order valence-corrected chi connectivity index (χ2v) is 8.18. The number of amides is 1. The molecule has 0 bridgehead atoms. The Hall–Kier alpha value is -2.41. The summed E-state index contributed by atoms with van der Waals surface area (Å²) in [6.07, 6.45) is 8.18. The number of rotatable bonds is 6. The van der Waals surface area contributed by atoms with Crippen LogP contribution in [0, 0.1) is 0 Å². The zero-order valence-corrected chi connectivity index (χ0v) is 16.2. The first-order valence-corrected chi connectivity index (χ1v) is 10.3. The van der Waals surface area contributed by atoms with Gasteiger partial charge >= 0.3 is 0 Å². The maximum Gasteiger partial charge on any atom is 0.233 e. The number of thioether (sulfide) groups is 1. The van der Waals surface area contributed by atoms with E-state index in [1.54, 1.807) is 0 Å². The molecule has 0 radical (unpaired) electrons. The summed E-state index contributed by atoms with van der Waals surface area (Å²) in [6, 6.07) is 7.92. The number of allylic oxidation sites excluding steroid dienone is 1. The molecule has 140 valence electrons. The molecule has 1 aliphatic rings. The molecule has 0 fully saturated rings. The maximum atomic E-state index is 12.4. The highest BCUT2D eigenvalue weighted by Crippen LogP contribution is 2.25. The monoisotopic (exact) mass is 381 g/mol. The lowest BCUT2D eigenvalue weighted by molar-refractivity contribution is -0.120. The van der Waals surface area contributed by atoms with E-state index in [4.69, 9.17) is 0 Å². The Labute approximate surface area is 162 Å². The topological polar surface area (TPSA) is 83.6 Å². The largest absolute Gasteiger partial charge is 0.355 e. The first kappa shape index (κ1) is 18.0. The number of hydrogen-bond acceptors (Lipinski definition) is 5. The molecule has 4 rings (SSSR count). The van der Waals surface area contributed by atoms with Crippen LogP contribution in [-0.2, 0) is 4.79 Å². The van der Waals surface area contributed by atoms with Crippen molar-refractivity contribution in [3.63, 3.8) is 0 Å². The Kier molecular flexibility index (Phi) is 5.38. The minimum atomic E-state index is -0.269. The van der Waals surface area contributed by atoms with E-state index in [1.807, 2.05) is 31.2 Å². The van der Waals surface area contributed by atoms with Gasteiger partial charge in [0, 0.05) is 17.4 Å². The van der Waals surface area contributed by atoms with Crippen LogP contribution in [0.25, 0.3) is 22.1 Å². The maximum absolute atomic E-state index is 12.4. The fraction of sp³-hybridized carbons (Fsp3) is 0.400. The number of carbonyl (C=O) groups is 1. The fourth-order valence-electron chi connectivity index (χ4n) is 3.39. The molecule has 3 aromatic rings. The van der Waals surface area contributed by atoms with Crippen molar-refractivity contribution in [1.29, 1.82) is 0 Å². The molecule has 1 aliphatic carbocycles. The van der Waals surface area contributed by atoms with Crippen LogP contribution in [0.15, 0.2) is 41.1 Å². The molecular weight excluding hydrogens is 358 g/mol. The summed E-state index contributed by atoms with van der Waals surface area (Å²) in [5, 5.41) is 12.8. The number of hydrogen-bond donors (Lipinski definition) is 2. The first-order valence-electron chi connectivity index (χ1n) is 9.44. The number of H-pyrrole nitrogens is 1. The van der Waals surface area contributed by atoms with Gasteiger partial charge in [0.2, 0.25) is 11.1 Å². The third-order valence-corrected chi connectivity index (χ3v) is 5.84. The zero-order valence-electron chi connectivity index (χ0n) is 15.4. The van der Waals surface area contributed by atoms with E-state index < -0.39 is 0 Å². The van der Waals surface area contributed by atoms with E-state index in [-0.39, 0.29) is 11.2 Å². The molecule has 2 N–H and O–H groups in total. The molecule has 0 unspecified atom stereocenters. The number of para-hydroxylation sites is 1. The van der Waals surface area contributed by atoms with Crippen LogP contribution in [-0.4, -0.2) is 37.9 Å². The van der Waals surface area contributed by atoms with Crippen LogP contribution < -0.4 is 5.32 Å². The summed E-state index contributed by atoms with van der Waals surface area (Å²) in [4.78, 5) is 20.1. The Morgan fingerprint density at radius 1 is 1.30 bits per heavy atom. The Balaban J connectivity index is 1.36. The predicted octanol–water partition coefficient (Wildman–Crippen LogP) is 3.99. The molecule has 1 atom stereocenters. The summed E-state index contributed by atoms with van der Waals surface area (Å²) in [5.74, 6) is 0.0109. The molecule has 1 amide bonds. The van der Waals surface area contributed by atoms with Crippen molar-refractivity contribution in [3.05, 3.63) is 35.9 Å². The molecule has 0 saturated heterocycles. The number of nitrogens with one attached hydrogen (secondary N) is 2. The van der Waals surface area contributed by atoms with Gasteiger partial charge in [0.25, 0.3) is 0 Å². The number of benzene rings is 1. The lowest BCUT2D eigenvalue weighted by atomic mass is 9.97.